The molecule has 1 unspecified atom stereocenters. The highest BCUT2D eigenvalue weighted by molar-refractivity contribution is 7.89. The van der Waals surface area contributed by atoms with Crippen molar-refractivity contribution in [3.63, 3.8) is 0 Å². The van der Waals surface area contributed by atoms with E-state index in [4.69, 9.17) is 0 Å². The Morgan fingerprint density at radius 3 is 2.50 bits per heavy atom. The molecule has 3 aliphatic heterocycles. The average Bonchev–Trinajstić information content (AvgIpc) is 3.10. The van der Waals surface area contributed by atoms with Crippen molar-refractivity contribution in [2.45, 2.75) is 55.9 Å². The fraction of sp³-hybridized carbons (Fsp3) is 0.600. The van der Waals surface area contributed by atoms with Crippen molar-refractivity contribution in [2.75, 3.05) is 31.6 Å². The summed E-state index contributed by atoms with van der Waals surface area (Å²) < 4.78 is 28.5. The molecule has 8 heteroatoms. The highest BCUT2D eigenvalue weighted by Gasteiger charge is 2.54. The zero-order chi connectivity index (χ0) is 20.1. The van der Waals surface area contributed by atoms with Gasteiger partial charge in [0.1, 0.15) is 5.54 Å². The van der Waals surface area contributed by atoms with Gasteiger partial charge in [-0.25, -0.2) is 8.42 Å². The van der Waals surface area contributed by atoms with E-state index in [1.807, 2.05) is 0 Å². The molecule has 28 heavy (non-hydrogen) atoms. The molecule has 0 aromatic heterocycles. The van der Waals surface area contributed by atoms with Crippen molar-refractivity contribution in [3.8, 4) is 0 Å². The van der Waals surface area contributed by atoms with Crippen LogP contribution in [0.4, 0.5) is 5.69 Å². The number of benzene rings is 1. The number of fused-ring (bicyclic) bond motifs is 1. The second kappa shape index (κ2) is 6.84. The predicted octanol–water partition coefficient (Wildman–Crippen LogP) is 1.76. The molecular formula is C20H27N3O4S. The largest absolute Gasteiger partial charge is 0.344 e. The first-order valence-electron chi connectivity index (χ1n) is 9.97. The van der Waals surface area contributed by atoms with E-state index in [0.717, 1.165) is 30.5 Å². The van der Waals surface area contributed by atoms with E-state index >= 15 is 0 Å². The lowest BCUT2D eigenvalue weighted by atomic mass is 9.87. The Labute approximate surface area is 166 Å². The van der Waals surface area contributed by atoms with Crippen molar-refractivity contribution in [3.05, 3.63) is 23.8 Å². The van der Waals surface area contributed by atoms with Crippen LogP contribution in [0.5, 0.6) is 0 Å². The van der Waals surface area contributed by atoms with Crippen LogP contribution in [-0.4, -0.2) is 61.7 Å². The standard InChI is InChI=1S/C20H27N3O4S/c1-15(24)22-12-3-6-16-14-17(7-8-18(16)22)28(26,27)23-13-5-10-20(23)9-4-11-21(2)19(20)25/h7-8,14H,3-6,9-13H2,1-2H3. The van der Waals surface area contributed by atoms with Crippen LogP contribution in [-0.2, 0) is 26.0 Å². The Morgan fingerprint density at radius 1 is 1.07 bits per heavy atom. The number of piperidine rings is 1. The normalized spacial score (nSPS) is 26.0. The molecule has 7 nitrogen and oxygen atoms in total. The predicted molar refractivity (Wildman–Crippen MR) is 106 cm³/mol. The van der Waals surface area contributed by atoms with Gasteiger partial charge in [-0.05, 0) is 62.3 Å². The third-order valence-corrected chi connectivity index (χ3v) is 8.36. The van der Waals surface area contributed by atoms with Crippen molar-refractivity contribution >= 4 is 27.5 Å². The first-order valence-corrected chi connectivity index (χ1v) is 11.4. The Bertz CT molecular complexity index is 929. The first-order chi connectivity index (χ1) is 13.3. The van der Waals surface area contributed by atoms with Crippen LogP contribution >= 0.6 is 0 Å². The minimum atomic E-state index is -3.79. The van der Waals surface area contributed by atoms with Gasteiger partial charge in [-0.2, -0.15) is 4.31 Å². The molecule has 2 amide bonds. The molecule has 1 spiro atoms. The molecule has 0 bridgehead atoms. The topological polar surface area (TPSA) is 78.0 Å². The number of likely N-dealkylation sites (N-methyl/N-ethyl adjacent to an activating group) is 1. The molecule has 3 aliphatic rings. The number of rotatable bonds is 2. The highest BCUT2D eigenvalue weighted by Crippen LogP contribution is 2.42. The third kappa shape index (κ3) is 2.85. The number of carbonyl (C=O) groups excluding carboxylic acids is 2. The van der Waals surface area contributed by atoms with Crippen LogP contribution in [0.3, 0.4) is 0 Å². The quantitative estimate of drug-likeness (QED) is 0.751. The van der Waals surface area contributed by atoms with Crippen LogP contribution < -0.4 is 4.90 Å². The lowest BCUT2D eigenvalue weighted by molar-refractivity contribution is -0.142. The maximum atomic E-state index is 13.5. The van der Waals surface area contributed by atoms with E-state index in [1.54, 1.807) is 35.0 Å². The van der Waals surface area contributed by atoms with E-state index in [-0.39, 0.29) is 16.7 Å². The fourth-order valence-corrected chi connectivity index (χ4v) is 6.90. The minimum Gasteiger partial charge on any atom is -0.344 e. The molecular weight excluding hydrogens is 378 g/mol. The van der Waals surface area contributed by atoms with E-state index in [0.29, 0.717) is 38.9 Å². The van der Waals surface area contributed by atoms with Crippen LogP contribution in [0.15, 0.2) is 23.1 Å². The number of anilines is 1. The maximum Gasteiger partial charge on any atom is 0.244 e. The van der Waals surface area contributed by atoms with Gasteiger partial charge in [0.25, 0.3) is 0 Å². The summed E-state index contributed by atoms with van der Waals surface area (Å²) in [6.07, 6.45) is 4.23. The second-order valence-corrected chi connectivity index (χ2v) is 9.97. The number of likely N-dealkylation sites (tertiary alicyclic amines) is 1. The van der Waals surface area contributed by atoms with Crippen molar-refractivity contribution in [2.24, 2.45) is 0 Å². The summed E-state index contributed by atoms with van der Waals surface area (Å²) in [6.45, 7) is 3.23. The molecule has 152 valence electrons. The van der Waals surface area contributed by atoms with E-state index in [1.165, 1.54) is 11.2 Å². The van der Waals surface area contributed by atoms with Crippen LogP contribution in [0.2, 0.25) is 0 Å². The Hall–Kier alpha value is -1.93. The van der Waals surface area contributed by atoms with Gasteiger partial charge in [0.2, 0.25) is 21.8 Å². The van der Waals surface area contributed by atoms with Gasteiger partial charge in [0.15, 0.2) is 0 Å². The molecule has 3 heterocycles. The number of nitrogens with zero attached hydrogens (tertiary/aromatic N) is 3. The Morgan fingerprint density at radius 2 is 1.79 bits per heavy atom. The molecule has 0 aliphatic carbocycles. The molecule has 2 fully saturated rings. The lowest BCUT2D eigenvalue weighted by Gasteiger charge is -2.42. The van der Waals surface area contributed by atoms with Crippen molar-refractivity contribution in [1.29, 1.82) is 0 Å². The number of sulfonamides is 1. The summed E-state index contributed by atoms with van der Waals surface area (Å²) in [5.74, 6) is -0.119. The van der Waals surface area contributed by atoms with Gasteiger partial charge in [-0.1, -0.05) is 0 Å². The van der Waals surface area contributed by atoms with E-state index < -0.39 is 15.6 Å². The Kier molecular flexibility index (Phi) is 4.74. The van der Waals surface area contributed by atoms with Crippen molar-refractivity contribution < 1.29 is 18.0 Å². The third-order valence-electron chi connectivity index (χ3n) is 6.40. The molecule has 0 N–H and O–H groups in total. The molecule has 1 atom stereocenters. The van der Waals surface area contributed by atoms with Gasteiger partial charge in [-0.15, -0.1) is 0 Å². The summed E-state index contributed by atoms with van der Waals surface area (Å²) in [5, 5.41) is 0. The first kappa shape index (κ1) is 19.4. The van der Waals surface area contributed by atoms with Gasteiger partial charge >= 0.3 is 0 Å². The monoisotopic (exact) mass is 405 g/mol. The molecule has 0 radical (unpaired) electrons. The Balaban J connectivity index is 1.73. The summed E-state index contributed by atoms with van der Waals surface area (Å²) in [5.41, 5.74) is 0.734. The van der Waals surface area contributed by atoms with Gasteiger partial charge in [-0.3, -0.25) is 9.59 Å². The summed E-state index contributed by atoms with van der Waals surface area (Å²) in [7, 11) is -2.04. The van der Waals surface area contributed by atoms with Gasteiger partial charge < -0.3 is 9.80 Å². The maximum absolute atomic E-state index is 13.5. The number of hydrogen-bond donors (Lipinski definition) is 0. The summed E-state index contributed by atoms with van der Waals surface area (Å²) in [6, 6.07) is 5.02. The highest BCUT2D eigenvalue weighted by atomic mass is 32.2. The number of hydrogen-bond acceptors (Lipinski definition) is 4. The number of carbonyl (C=O) groups is 2. The summed E-state index contributed by atoms with van der Waals surface area (Å²) >= 11 is 0. The number of amides is 2. The van der Waals surface area contributed by atoms with Gasteiger partial charge in [0, 0.05) is 39.3 Å². The van der Waals surface area contributed by atoms with Crippen LogP contribution in [0.1, 0.15) is 44.6 Å². The molecule has 2 saturated heterocycles. The van der Waals surface area contributed by atoms with Crippen molar-refractivity contribution in [1.82, 2.24) is 9.21 Å². The minimum absolute atomic E-state index is 0.0362. The fourth-order valence-electron chi connectivity index (χ4n) is 5.03. The van der Waals surface area contributed by atoms with E-state index in [2.05, 4.69) is 0 Å². The average molecular weight is 406 g/mol. The second-order valence-electron chi connectivity index (χ2n) is 8.11. The molecule has 4 rings (SSSR count). The zero-order valence-corrected chi connectivity index (χ0v) is 17.3. The van der Waals surface area contributed by atoms with Crippen LogP contribution in [0.25, 0.3) is 0 Å². The van der Waals surface area contributed by atoms with E-state index in [9.17, 15) is 18.0 Å². The smallest absolute Gasteiger partial charge is 0.244 e. The zero-order valence-electron chi connectivity index (χ0n) is 16.5. The molecule has 1 aromatic rings. The lowest BCUT2D eigenvalue weighted by Crippen LogP contribution is -2.60. The van der Waals surface area contributed by atoms with Crippen LogP contribution in [0, 0.1) is 0 Å². The molecule has 1 aromatic carbocycles. The molecule has 0 saturated carbocycles. The number of aryl methyl sites for hydroxylation is 1. The van der Waals surface area contributed by atoms with Gasteiger partial charge in [0.05, 0.1) is 4.90 Å². The SMILES string of the molecule is CC(=O)N1CCCc2cc(S(=O)(=O)N3CCCC34CCCN(C)C4=O)ccc21. The summed E-state index contributed by atoms with van der Waals surface area (Å²) in [4.78, 5) is 28.4.